The number of nitrogens with two attached hydrogens (primary N) is 1. The molecule has 2 aromatic rings. The van der Waals surface area contributed by atoms with E-state index < -0.39 is 6.04 Å². The van der Waals surface area contributed by atoms with Crippen LogP contribution in [0, 0.1) is 0 Å². The highest BCUT2D eigenvalue weighted by Crippen LogP contribution is 2.13. The van der Waals surface area contributed by atoms with Gasteiger partial charge in [-0.2, -0.15) is 0 Å². The van der Waals surface area contributed by atoms with Crippen molar-refractivity contribution in [3.8, 4) is 0 Å². The van der Waals surface area contributed by atoms with E-state index in [0.29, 0.717) is 23.1 Å². The van der Waals surface area contributed by atoms with E-state index in [2.05, 4.69) is 20.6 Å². The van der Waals surface area contributed by atoms with E-state index in [-0.39, 0.29) is 17.4 Å². The number of likely N-dealkylation sites (N-methyl/N-ethyl adjacent to an activating group) is 1. The lowest BCUT2D eigenvalue weighted by molar-refractivity contribution is -0.121. The Morgan fingerprint density at radius 2 is 2.25 bits per heavy atom. The Morgan fingerprint density at radius 3 is 2.95 bits per heavy atom. The maximum atomic E-state index is 11.9. The molecule has 1 atom stereocenters. The van der Waals surface area contributed by atoms with Crippen LogP contribution >= 0.6 is 0 Å². The van der Waals surface area contributed by atoms with Crippen molar-refractivity contribution < 1.29 is 4.79 Å². The van der Waals surface area contributed by atoms with Crippen LogP contribution < -0.4 is 21.9 Å². The number of anilines is 2. The Kier molecular flexibility index (Phi) is 3.88. The number of rotatable bonds is 4. The number of carbonyl (C=O) groups is 1. The highest BCUT2D eigenvalue weighted by Gasteiger charge is 2.13. The molecule has 1 heterocycles. The van der Waals surface area contributed by atoms with E-state index in [9.17, 15) is 9.59 Å². The summed E-state index contributed by atoms with van der Waals surface area (Å²) in [5.74, 6) is 0.0959. The van der Waals surface area contributed by atoms with Gasteiger partial charge in [0.05, 0.1) is 10.9 Å². The number of H-pyrrole nitrogens is 1. The molecule has 7 heteroatoms. The van der Waals surface area contributed by atoms with Crippen molar-refractivity contribution in [3.63, 3.8) is 0 Å². The van der Waals surface area contributed by atoms with Gasteiger partial charge in [0.25, 0.3) is 5.56 Å². The largest absolute Gasteiger partial charge is 0.399 e. The third-order valence-corrected chi connectivity index (χ3v) is 2.83. The van der Waals surface area contributed by atoms with E-state index in [1.165, 1.54) is 0 Å². The number of nitrogens with one attached hydrogen (secondary N) is 3. The van der Waals surface area contributed by atoms with Gasteiger partial charge in [0.15, 0.2) is 0 Å². The van der Waals surface area contributed by atoms with E-state index in [1.54, 1.807) is 25.1 Å². The quantitative estimate of drug-likeness (QED) is 0.605. The standard InChI is InChI=1S/C13H17N5O2/c1-3-15-11(19)7(2)16-13-17-10-5-4-8(14)6-9(10)12(20)18-13/h4-7H,3,14H2,1-2H3,(H,15,19)(H2,16,17,18,20). The Labute approximate surface area is 115 Å². The number of aromatic nitrogens is 2. The summed E-state index contributed by atoms with van der Waals surface area (Å²) < 4.78 is 0. The Hall–Kier alpha value is -2.57. The fraction of sp³-hybridized carbons (Fsp3) is 0.308. The highest BCUT2D eigenvalue weighted by atomic mass is 16.2. The molecule has 2 rings (SSSR count). The molecule has 0 fully saturated rings. The fourth-order valence-electron chi connectivity index (χ4n) is 1.82. The molecule has 7 nitrogen and oxygen atoms in total. The summed E-state index contributed by atoms with van der Waals surface area (Å²) >= 11 is 0. The smallest absolute Gasteiger partial charge is 0.260 e. The molecule has 0 aliphatic heterocycles. The number of aromatic amines is 1. The number of carbonyl (C=O) groups excluding carboxylic acids is 1. The van der Waals surface area contributed by atoms with Gasteiger partial charge in [-0.1, -0.05) is 0 Å². The molecule has 0 aliphatic carbocycles. The van der Waals surface area contributed by atoms with Gasteiger partial charge in [0, 0.05) is 12.2 Å². The summed E-state index contributed by atoms with van der Waals surface area (Å²) in [5, 5.41) is 5.97. The van der Waals surface area contributed by atoms with Crippen LogP contribution in [0.3, 0.4) is 0 Å². The lowest BCUT2D eigenvalue weighted by Crippen LogP contribution is -2.38. The van der Waals surface area contributed by atoms with Crippen molar-refractivity contribution in [2.24, 2.45) is 0 Å². The SMILES string of the molecule is CCNC(=O)C(C)Nc1nc2ccc(N)cc2c(=O)[nH]1. The molecule has 0 saturated heterocycles. The number of nitrogen functional groups attached to an aromatic ring is 1. The summed E-state index contributed by atoms with van der Waals surface area (Å²) in [7, 11) is 0. The first-order valence-electron chi connectivity index (χ1n) is 6.35. The number of fused-ring (bicyclic) bond motifs is 1. The number of hydrogen-bond donors (Lipinski definition) is 4. The molecule has 0 spiro atoms. The van der Waals surface area contributed by atoms with Gasteiger partial charge in [0.2, 0.25) is 11.9 Å². The normalized spacial score (nSPS) is 12.1. The number of amides is 1. The number of hydrogen-bond acceptors (Lipinski definition) is 5. The second kappa shape index (κ2) is 5.60. The molecule has 0 radical (unpaired) electrons. The lowest BCUT2D eigenvalue weighted by Gasteiger charge is -2.13. The second-order valence-corrected chi connectivity index (χ2v) is 4.45. The minimum absolute atomic E-state index is 0.160. The Morgan fingerprint density at radius 1 is 1.50 bits per heavy atom. The van der Waals surface area contributed by atoms with Crippen LogP contribution in [0.1, 0.15) is 13.8 Å². The lowest BCUT2D eigenvalue weighted by atomic mass is 10.2. The minimum Gasteiger partial charge on any atom is -0.399 e. The Balaban J connectivity index is 2.30. The topological polar surface area (TPSA) is 113 Å². The monoisotopic (exact) mass is 275 g/mol. The molecule has 20 heavy (non-hydrogen) atoms. The molecule has 1 aromatic carbocycles. The van der Waals surface area contributed by atoms with Crippen LogP contribution in [0.4, 0.5) is 11.6 Å². The first-order valence-corrected chi connectivity index (χ1v) is 6.35. The first kappa shape index (κ1) is 13.9. The van der Waals surface area contributed by atoms with Crippen LogP contribution in [-0.4, -0.2) is 28.5 Å². The molecule has 0 bridgehead atoms. The summed E-state index contributed by atoms with van der Waals surface area (Å²) in [6, 6.07) is 4.41. The van der Waals surface area contributed by atoms with Crippen molar-refractivity contribution in [2.75, 3.05) is 17.6 Å². The van der Waals surface area contributed by atoms with Gasteiger partial charge in [-0.3, -0.25) is 14.6 Å². The molecule has 0 aliphatic rings. The summed E-state index contributed by atoms with van der Waals surface area (Å²) in [4.78, 5) is 30.4. The highest BCUT2D eigenvalue weighted by molar-refractivity contribution is 5.85. The number of benzene rings is 1. The molecule has 106 valence electrons. The summed E-state index contributed by atoms with van der Waals surface area (Å²) in [5.41, 5.74) is 6.36. The van der Waals surface area contributed by atoms with Gasteiger partial charge >= 0.3 is 0 Å². The van der Waals surface area contributed by atoms with Crippen molar-refractivity contribution in [1.29, 1.82) is 0 Å². The zero-order chi connectivity index (χ0) is 14.7. The average Bonchev–Trinajstić information content (AvgIpc) is 2.40. The average molecular weight is 275 g/mol. The molecular formula is C13H17N5O2. The van der Waals surface area contributed by atoms with Crippen molar-refractivity contribution in [3.05, 3.63) is 28.6 Å². The van der Waals surface area contributed by atoms with E-state index >= 15 is 0 Å². The molecular weight excluding hydrogens is 258 g/mol. The molecule has 0 saturated carbocycles. The van der Waals surface area contributed by atoms with E-state index in [0.717, 1.165) is 0 Å². The maximum absolute atomic E-state index is 11.9. The maximum Gasteiger partial charge on any atom is 0.260 e. The van der Waals surface area contributed by atoms with Gasteiger partial charge in [-0.25, -0.2) is 4.98 Å². The van der Waals surface area contributed by atoms with Gasteiger partial charge < -0.3 is 16.4 Å². The predicted molar refractivity (Wildman–Crippen MR) is 78.5 cm³/mol. The molecule has 1 amide bonds. The van der Waals surface area contributed by atoms with E-state index in [1.807, 2.05) is 6.92 Å². The zero-order valence-corrected chi connectivity index (χ0v) is 11.4. The van der Waals surface area contributed by atoms with Crippen molar-refractivity contribution in [1.82, 2.24) is 15.3 Å². The van der Waals surface area contributed by atoms with Crippen LogP contribution in [0.25, 0.3) is 10.9 Å². The van der Waals surface area contributed by atoms with Gasteiger partial charge in [0.1, 0.15) is 6.04 Å². The third kappa shape index (κ3) is 2.87. The van der Waals surface area contributed by atoms with Crippen LogP contribution in [-0.2, 0) is 4.79 Å². The fourth-order valence-corrected chi connectivity index (χ4v) is 1.82. The van der Waals surface area contributed by atoms with Gasteiger partial charge in [-0.05, 0) is 32.0 Å². The predicted octanol–water partition coefficient (Wildman–Crippen LogP) is 0.442. The zero-order valence-electron chi connectivity index (χ0n) is 11.4. The Bertz CT molecular complexity index is 695. The first-order chi connectivity index (χ1) is 9.51. The van der Waals surface area contributed by atoms with Crippen LogP contribution in [0.2, 0.25) is 0 Å². The van der Waals surface area contributed by atoms with Crippen molar-refractivity contribution in [2.45, 2.75) is 19.9 Å². The minimum atomic E-state index is -0.496. The van der Waals surface area contributed by atoms with Crippen molar-refractivity contribution >= 4 is 28.4 Å². The van der Waals surface area contributed by atoms with E-state index in [4.69, 9.17) is 5.73 Å². The molecule has 5 N–H and O–H groups in total. The summed E-state index contributed by atoms with van der Waals surface area (Å²) in [6.45, 7) is 4.08. The summed E-state index contributed by atoms with van der Waals surface area (Å²) in [6.07, 6.45) is 0. The van der Waals surface area contributed by atoms with Gasteiger partial charge in [-0.15, -0.1) is 0 Å². The second-order valence-electron chi connectivity index (χ2n) is 4.45. The molecule has 1 unspecified atom stereocenters. The van der Waals surface area contributed by atoms with Crippen LogP contribution in [0.15, 0.2) is 23.0 Å². The number of nitrogens with zero attached hydrogens (tertiary/aromatic N) is 1. The molecule has 1 aromatic heterocycles. The van der Waals surface area contributed by atoms with Crippen LogP contribution in [0.5, 0.6) is 0 Å². The third-order valence-electron chi connectivity index (χ3n) is 2.83.